The van der Waals surface area contributed by atoms with Crippen molar-refractivity contribution in [1.82, 2.24) is 9.88 Å². The lowest BCUT2D eigenvalue weighted by Gasteiger charge is -2.37. The van der Waals surface area contributed by atoms with Crippen LogP contribution in [0.3, 0.4) is 0 Å². The van der Waals surface area contributed by atoms with Gasteiger partial charge in [0.2, 0.25) is 0 Å². The van der Waals surface area contributed by atoms with Crippen molar-refractivity contribution in [3.05, 3.63) is 35.0 Å². The highest BCUT2D eigenvalue weighted by Crippen LogP contribution is 2.32. The van der Waals surface area contributed by atoms with Gasteiger partial charge in [-0.15, -0.1) is 0 Å². The zero-order valence-corrected chi connectivity index (χ0v) is 12.1. The number of hydrogen-bond donors (Lipinski definition) is 1. The second kappa shape index (κ2) is 5.18. The standard InChI is InChI=1S/C17H19N3O/c18-10-13-11-19-16-4-2-12-1-3-14(9-15(12)17(13)16)20-5-7-21-8-6-20/h2,4,11,14,19H,1,3,5-9H2/t14-/m1/s1. The molecule has 1 N–H and O–H groups in total. The summed E-state index contributed by atoms with van der Waals surface area (Å²) in [5, 5.41) is 10.5. The van der Waals surface area contributed by atoms with Gasteiger partial charge in [0, 0.05) is 36.2 Å². The highest BCUT2D eigenvalue weighted by molar-refractivity contribution is 5.90. The first-order chi connectivity index (χ1) is 10.4. The molecule has 1 aromatic carbocycles. The summed E-state index contributed by atoms with van der Waals surface area (Å²) in [6.07, 6.45) is 5.22. The summed E-state index contributed by atoms with van der Waals surface area (Å²) in [4.78, 5) is 5.79. The van der Waals surface area contributed by atoms with Gasteiger partial charge < -0.3 is 9.72 Å². The number of hydrogen-bond acceptors (Lipinski definition) is 3. The van der Waals surface area contributed by atoms with Gasteiger partial charge in [0.05, 0.1) is 18.8 Å². The fourth-order valence-corrected chi connectivity index (χ4v) is 3.81. The lowest BCUT2D eigenvalue weighted by atomic mass is 9.84. The SMILES string of the molecule is N#Cc1c[nH]c2ccc3c(c12)C[C@H](N1CCOCC1)CC3. The summed E-state index contributed by atoms with van der Waals surface area (Å²) < 4.78 is 5.46. The number of aryl methyl sites for hydroxylation is 1. The Morgan fingerprint density at radius 2 is 2.14 bits per heavy atom. The van der Waals surface area contributed by atoms with Crippen molar-refractivity contribution in [2.45, 2.75) is 25.3 Å². The first-order valence-corrected chi connectivity index (χ1v) is 7.70. The van der Waals surface area contributed by atoms with Crippen LogP contribution >= 0.6 is 0 Å². The first-order valence-electron chi connectivity index (χ1n) is 7.70. The largest absolute Gasteiger partial charge is 0.379 e. The number of aromatic amines is 1. The average Bonchev–Trinajstić information content (AvgIpc) is 2.99. The van der Waals surface area contributed by atoms with E-state index in [1.165, 1.54) is 17.5 Å². The third-order valence-electron chi connectivity index (χ3n) is 4.92. The molecule has 0 spiro atoms. The van der Waals surface area contributed by atoms with Gasteiger partial charge in [-0.3, -0.25) is 4.90 Å². The Morgan fingerprint density at radius 1 is 1.29 bits per heavy atom. The maximum atomic E-state index is 9.34. The molecule has 2 heterocycles. The second-order valence-electron chi connectivity index (χ2n) is 5.98. The van der Waals surface area contributed by atoms with E-state index in [-0.39, 0.29) is 0 Å². The predicted molar refractivity (Wildman–Crippen MR) is 81.2 cm³/mol. The Bertz CT molecular complexity index is 707. The summed E-state index contributed by atoms with van der Waals surface area (Å²) in [6.45, 7) is 3.77. The van der Waals surface area contributed by atoms with Crippen LogP contribution in [0.4, 0.5) is 0 Å². The molecular weight excluding hydrogens is 262 g/mol. The van der Waals surface area contributed by atoms with Crippen LogP contribution in [0.25, 0.3) is 10.9 Å². The number of rotatable bonds is 1. The number of ether oxygens (including phenoxy) is 1. The number of morpholine rings is 1. The van der Waals surface area contributed by atoms with Crippen molar-refractivity contribution < 1.29 is 4.74 Å². The zero-order valence-electron chi connectivity index (χ0n) is 12.1. The molecule has 1 fully saturated rings. The molecule has 1 saturated heterocycles. The Hall–Kier alpha value is -1.83. The van der Waals surface area contributed by atoms with E-state index in [4.69, 9.17) is 4.74 Å². The molecule has 0 bridgehead atoms. The Morgan fingerprint density at radius 3 is 2.95 bits per heavy atom. The van der Waals surface area contributed by atoms with Crippen LogP contribution in [0, 0.1) is 11.3 Å². The van der Waals surface area contributed by atoms with E-state index in [1.54, 1.807) is 0 Å². The zero-order chi connectivity index (χ0) is 14.2. The van der Waals surface area contributed by atoms with Crippen LogP contribution in [0.1, 0.15) is 23.1 Å². The van der Waals surface area contributed by atoms with Crippen molar-refractivity contribution in [2.75, 3.05) is 26.3 Å². The van der Waals surface area contributed by atoms with Crippen LogP contribution in [0.5, 0.6) is 0 Å². The number of nitrogens with zero attached hydrogens (tertiary/aromatic N) is 2. The van der Waals surface area contributed by atoms with Gasteiger partial charge in [0.25, 0.3) is 0 Å². The number of fused-ring (bicyclic) bond motifs is 3. The van der Waals surface area contributed by atoms with Crippen molar-refractivity contribution in [3.8, 4) is 6.07 Å². The predicted octanol–water partition coefficient (Wildman–Crippen LogP) is 2.23. The number of nitriles is 1. The summed E-state index contributed by atoms with van der Waals surface area (Å²) >= 11 is 0. The molecule has 0 radical (unpaired) electrons. The van der Waals surface area contributed by atoms with E-state index < -0.39 is 0 Å². The molecule has 1 atom stereocenters. The maximum Gasteiger partial charge on any atom is 0.101 e. The van der Waals surface area contributed by atoms with Crippen LogP contribution in [-0.4, -0.2) is 42.2 Å². The van der Waals surface area contributed by atoms with E-state index in [0.29, 0.717) is 6.04 Å². The van der Waals surface area contributed by atoms with Gasteiger partial charge in [-0.2, -0.15) is 5.26 Å². The normalized spacial score (nSPS) is 22.9. The van der Waals surface area contributed by atoms with E-state index in [0.717, 1.165) is 55.6 Å². The Kier molecular flexibility index (Phi) is 3.17. The molecule has 2 aromatic rings. The van der Waals surface area contributed by atoms with E-state index in [2.05, 4.69) is 28.1 Å². The van der Waals surface area contributed by atoms with Gasteiger partial charge in [-0.25, -0.2) is 0 Å². The molecule has 0 amide bonds. The topological polar surface area (TPSA) is 52.0 Å². The maximum absolute atomic E-state index is 9.34. The van der Waals surface area contributed by atoms with Crippen LogP contribution in [-0.2, 0) is 17.6 Å². The van der Waals surface area contributed by atoms with Crippen LogP contribution < -0.4 is 0 Å². The van der Waals surface area contributed by atoms with Crippen molar-refractivity contribution in [1.29, 1.82) is 5.26 Å². The summed E-state index contributed by atoms with van der Waals surface area (Å²) in [5.41, 5.74) is 4.67. The van der Waals surface area contributed by atoms with Gasteiger partial charge in [-0.05, 0) is 36.5 Å². The number of aromatic nitrogens is 1. The molecule has 4 nitrogen and oxygen atoms in total. The second-order valence-corrected chi connectivity index (χ2v) is 5.98. The highest BCUT2D eigenvalue weighted by atomic mass is 16.5. The number of nitrogens with one attached hydrogen (secondary N) is 1. The van der Waals surface area contributed by atoms with Crippen molar-refractivity contribution in [3.63, 3.8) is 0 Å². The fraction of sp³-hybridized carbons (Fsp3) is 0.471. The minimum absolute atomic E-state index is 0.591. The van der Waals surface area contributed by atoms with Crippen molar-refractivity contribution in [2.24, 2.45) is 0 Å². The molecule has 0 unspecified atom stereocenters. The van der Waals surface area contributed by atoms with Gasteiger partial charge >= 0.3 is 0 Å². The quantitative estimate of drug-likeness (QED) is 0.872. The number of H-pyrrole nitrogens is 1. The van der Waals surface area contributed by atoms with Crippen molar-refractivity contribution >= 4 is 10.9 Å². The molecule has 1 aromatic heterocycles. The monoisotopic (exact) mass is 281 g/mol. The molecule has 1 aliphatic heterocycles. The molecule has 0 saturated carbocycles. The lowest BCUT2D eigenvalue weighted by molar-refractivity contribution is 0.0138. The third kappa shape index (κ3) is 2.14. The van der Waals surface area contributed by atoms with E-state index in [1.807, 2.05) is 6.20 Å². The number of benzene rings is 1. The molecule has 4 rings (SSSR count). The summed E-state index contributed by atoms with van der Waals surface area (Å²) in [5.74, 6) is 0. The van der Waals surface area contributed by atoms with Gasteiger partial charge in [-0.1, -0.05) is 6.07 Å². The molecule has 2 aliphatic rings. The average molecular weight is 281 g/mol. The smallest absolute Gasteiger partial charge is 0.101 e. The third-order valence-corrected chi connectivity index (χ3v) is 4.92. The minimum atomic E-state index is 0.591. The lowest BCUT2D eigenvalue weighted by Crippen LogP contribution is -2.45. The summed E-state index contributed by atoms with van der Waals surface area (Å²) in [7, 11) is 0. The fourth-order valence-electron chi connectivity index (χ4n) is 3.81. The van der Waals surface area contributed by atoms with Gasteiger partial charge in [0.1, 0.15) is 6.07 Å². The highest BCUT2D eigenvalue weighted by Gasteiger charge is 2.27. The van der Waals surface area contributed by atoms with E-state index >= 15 is 0 Å². The Balaban J connectivity index is 1.73. The minimum Gasteiger partial charge on any atom is -0.379 e. The first kappa shape index (κ1) is 12.9. The molecular formula is C17H19N3O. The molecule has 4 heteroatoms. The van der Waals surface area contributed by atoms with Crippen LogP contribution in [0.15, 0.2) is 18.3 Å². The molecule has 108 valence electrons. The van der Waals surface area contributed by atoms with E-state index in [9.17, 15) is 5.26 Å². The van der Waals surface area contributed by atoms with Gasteiger partial charge in [0.15, 0.2) is 0 Å². The summed E-state index contributed by atoms with van der Waals surface area (Å²) in [6, 6.07) is 7.26. The molecule has 21 heavy (non-hydrogen) atoms. The Labute approximate surface area is 124 Å². The molecule has 1 aliphatic carbocycles. The van der Waals surface area contributed by atoms with Crippen LogP contribution in [0.2, 0.25) is 0 Å².